The lowest BCUT2D eigenvalue weighted by molar-refractivity contribution is 0.144. The first-order valence-corrected chi connectivity index (χ1v) is 6.52. The topological polar surface area (TPSA) is 44.3 Å². The summed E-state index contributed by atoms with van der Waals surface area (Å²) in [7, 11) is 0. The van der Waals surface area contributed by atoms with Gasteiger partial charge in [-0.1, -0.05) is 24.3 Å². The van der Waals surface area contributed by atoms with Gasteiger partial charge in [0.1, 0.15) is 0 Å². The quantitative estimate of drug-likeness (QED) is 0.703. The summed E-state index contributed by atoms with van der Waals surface area (Å²) in [6, 6.07) is 9.24. The third-order valence-corrected chi connectivity index (χ3v) is 4.02. The fraction of sp³-hybridized carbons (Fsp3) is 0.571. The standard InChI is InChI=1S/C14H20N2O/c17-14-9-15-7-12(14)8-16-13-5-10-3-1-2-4-11(10)6-13/h1-4,12-17H,5-9H2. The van der Waals surface area contributed by atoms with E-state index in [4.69, 9.17) is 0 Å². The van der Waals surface area contributed by atoms with Crippen LogP contribution in [0.4, 0.5) is 0 Å². The summed E-state index contributed by atoms with van der Waals surface area (Å²) in [6.45, 7) is 2.61. The molecule has 0 saturated carbocycles. The van der Waals surface area contributed by atoms with Crippen molar-refractivity contribution in [3.8, 4) is 0 Å². The Balaban J connectivity index is 1.52. The van der Waals surface area contributed by atoms with E-state index in [1.807, 2.05) is 0 Å². The second kappa shape index (κ2) is 4.77. The molecule has 2 unspecified atom stereocenters. The van der Waals surface area contributed by atoms with Gasteiger partial charge >= 0.3 is 0 Å². The Morgan fingerprint density at radius 3 is 2.47 bits per heavy atom. The summed E-state index contributed by atoms with van der Waals surface area (Å²) >= 11 is 0. The van der Waals surface area contributed by atoms with E-state index in [1.54, 1.807) is 0 Å². The molecule has 1 aliphatic heterocycles. The lowest BCUT2D eigenvalue weighted by atomic mass is 10.1. The fourth-order valence-corrected chi connectivity index (χ4v) is 2.95. The predicted octanol–water partition coefficient (Wildman–Crippen LogP) is 0.324. The van der Waals surface area contributed by atoms with Crippen molar-refractivity contribution in [1.82, 2.24) is 10.6 Å². The molecule has 1 fully saturated rings. The van der Waals surface area contributed by atoms with Gasteiger partial charge in [-0.2, -0.15) is 0 Å². The molecule has 0 radical (unpaired) electrons. The minimum absolute atomic E-state index is 0.175. The Kier molecular flexibility index (Phi) is 3.14. The summed E-state index contributed by atoms with van der Waals surface area (Å²) in [6.07, 6.45) is 2.09. The molecule has 1 aromatic carbocycles. The summed E-state index contributed by atoms with van der Waals surface area (Å²) in [5.74, 6) is 0.374. The van der Waals surface area contributed by atoms with Crippen LogP contribution in [0.15, 0.2) is 24.3 Å². The normalized spacial score (nSPS) is 28.5. The summed E-state index contributed by atoms with van der Waals surface area (Å²) in [4.78, 5) is 0. The Morgan fingerprint density at radius 2 is 1.88 bits per heavy atom. The average molecular weight is 232 g/mol. The lowest BCUT2D eigenvalue weighted by Gasteiger charge is -2.18. The smallest absolute Gasteiger partial charge is 0.0716 e. The van der Waals surface area contributed by atoms with Crippen molar-refractivity contribution < 1.29 is 5.11 Å². The predicted molar refractivity (Wildman–Crippen MR) is 68.0 cm³/mol. The van der Waals surface area contributed by atoms with Gasteiger partial charge in [0.25, 0.3) is 0 Å². The van der Waals surface area contributed by atoms with Crippen molar-refractivity contribution >= 4 is 0 Å². The molecule has 3 N–H and O–H groups in total. The van der Waals surface area contributed by atoms with Crippen LogP contribution in [0.5, 0.6) is 0 Å². The van der Waals surface area contributed by atoms with Gasteiger partial charge in [-0.3, -0.25) is 0 Å². The van der Waals surface area contributed by atoms with E-state index in [2.05, 4.69) is 34.9 Å². The maximum atomic E-state index is 9.73. The molecule has 3 rings (SSSR count). The van der Waals surface area contributed by atoms with Gasteiger partial charge in [-0.05, 0) is 24.0 Å². The Morgan fingerprint density at radius 1 is 1.18 bits per heavy atom. The number of rotatable bonds is 3. The largest absolute Gasteiger partial charge is 0.391 e. The minimum atomic E-state index is -0.175. The Bertz CT molecular complexity index is 369. The van der Waals surface area contributed by atoms with Crippen LogP contribution < -0.4 is 10.6 Å². The van der Waals surface area contributed by atoms with Gasteiger partial charge in [-0.15, -0.1) is 0 Å². The fourth-order valence-electron chi connectivity index (χ4n) is 2.95. The molecule has 0 amide bonds. The van der Waals surface area contributed by atoms with E-state index < -0.39 is 0 Å². The average Bonchev–Trinajstić information content (AvgIpc) is 2.92. The van der Waals surface area contributed by atoms with Gasteiger partial charge in [-0.25, -0.2) is 0 Å². The van der Waals surface area contributed by atoms with E-state index in [0.717, 1.165) is 32.5 Å². The van der Waals surface area contributed by atoms with Crippen molar-refractivity contribution in [2.24, 2.45) is 5.92 Å². The van der Waals surface area contributed by atoms with E-state index in [0.29, 0.717) is 12.0 Å². The third-order valence-electron chi connectivity index (χ3n) is 4.02. The number of benzene rings is 1. The Labute approximate surface area is 102 Å². The molecule has 2 aliphatic rings. The number of fused-ring (bicyclic) bond motifs is 1. The maximum Gasteiger partial charge on any atom is 0.0716 e. The zero-order valence-electron chi connectivity index (χ0n) is 10.0. The first-order valence-electron chi connectivity index (χ1n) is 6.52. The van der Waals surface area contributed by atoms with E-state index >= 15 is 0 Å². The highest BCUT2D eigenvalue weighted by atomic mass is 16.3. The summed E-state index contributed by atoms with van der Waals surface area (Å²) in [5.41, 5.74) is 2.96. The molecular formula is C14H20N2O. The number of hydrogen-bond donors (Lipinski definition) is 3. The monoisotopic (exact) mass is 232 g/mol. The van der Waals surface area contributed by atoms with E-state index in [1.165, 1.54) is 11.1 Å². The molecule has 1 aliphatic carbocycles. The SMILES string of the molecule is OC1CNCC1CNC1Cc2ccccc2C1. The van der Waals surface area contributed by atoms with Crippen LogP contribution in [0.1, 0.15) is 11.1 Å². The van der Waals surface area contributed by atoms with Crippen molar-refractivity contribution in [2.45, 2.75) is 25.0 Å². The number of hydrogen-bond acceptors (Lipinski definition) is 3. The zero-order chi connectivity index (χ0) is 11.7. The van der Waals surface area contributed by atoms with Crippen molar-refractivity contribution in [3.05, 3.63) is 35.4 Å². The lowest BCUT2D eigenvalue weighted by Crippen LogP contribution is -2.37. The van der Waals surface area contributed by atoms with Gasteiger partial charge in [0.05, 0.1) is 6.10 Å². The van der Waals surface area contributed by atoms with Crippen LogP contribution in [-0.2, 0) is 12.8 Å². The number of aliphatic hydroxyl groups is 1. The van der Waals surface area contributed by atoms with Gasteiger partial charge in [0.15, 0.2) is 0 Å². The van der Waals surface area contributed by atoms with Crippen LogP contribution in [0.3, 0.4) is 0 Å². The molecule has 0 aromatic heterocycles. The highest BCUT2D eigenvalue weighted by Gasteiger charge is 2.27. The zero-order valence-corrected chi connectivity index (χ0v) is 10.0. The van der Waals surface area contributed by atoms with E-state index in [-0.39, 0.29) is 6.10 Å². The first-order chi connectivity index (χ1) is 8.33. The van der Waals surface area contributed by atoms with Crippen LogP contribution >= 0.6 is 0 Å². The molecule has 0 spiro atoms. The Hall–Kier alpha value is -0.900. The molecule has 0 bridgehead atoms. The minimum Gasteiger partial charge on any atom is -0.391 e. The van der Waals surface area contributed by atoms with Crippen LogP contribution in [0.2, 0.25) is 0 Å². The maximum absolute atomic E-state index is 9.73. The van der Waals surface area contributed by atoms with Crippen molar-refractivity contribution in [1.29, 1.82) is 0 Å². The van der Waals surface area contributed by atoms with Crippen LogP contribution in [0, 0.1) is 5.92 Å². The van der Waals surface area contributed by atoms with Gasteiger partial charge in [0, 0.05) is 31.6 Å². The second-order valence-electron chi connectivity index (χ2n) is 5.27. The van der Waals surface area contributed by atoms with Crippen LogP contribution in [0.25, 0.3) is 0 Å². The third kappa shape index (κ3) is 2.37. The molecule has 92 valence electrons. The summed E-state index contributed by atoms with van der Waals surface area (Å²) in [5, 5.41) is 16.6. The number of β-amino-alcohol motifs (C(OH)–C–C–N with tert-alkyl or cyclic N) is 1. The molecule has 1 aromatic rings. The van der Waals surface area contributed by atoms with E-state index in [9.17, 15) is 5.11 Å². The van der Waals surface area contributed by atoms with Gasteiger partial charge < -0.3 is 15.7 Å². The van der Waals surface area contributed by atoms with Gasteiger partial charge in [0.2, 0.25) is 0 Å². The first kappa shape index (κ1) is 11.2. The highest BCUT2D eigenvalue weighted by molar-refractivity contribution is 5.33. The molecule has 3 heteroatoms. The van der Waals surface area contributed by atoms with Crippen molar-refractivity contribution in [2.75, 3.05) is 19.6 Å². The molecule has 2 atom stereocenters. The second-order valence-corrected chi connectivity index (χ2v) is 5.27. The molecule has 1 heterocycles. The number of nitrogens with one attached hydrogen (secondary N) is 2. The molecular weight excluding hydrogens is 212 g/mol. The van der Waals surface area contributed by atoms with Crippen molar-refractivity contribution in [3.63, 3.8) is 0 Å². The highest BCUT2D eigenvalue weighted by Crippen LogP contribution is 2.22. The van der Waals surface area contributed by atoms with Crippen LogP contribution in [-0.4, -0.2) is 36.9 Å². The molecule has 3 nitrogen and oxygen atoms in total. The number of aliphatic hydroxyl groups excluding tert-OH is 1. The molecule has 17 heavy (non-hydrogen) atoms. The molecule has 1 saturated heterocycles. The summed E-state index contributed by atoms with van der Waals surface area (Å²) < 4.78 is 0.